The number of amides is 1. The van der Waals surface area contributed by atoms with Crippen molar-refractivity contribution in [3.8, 4) is 11.1 Å². The van der Waals surface area contributed by atoms with Gasteiger partial charge in [0, 0.05) is 18.0 Å². The molecule has 23 heavy (non-hydrogen) atoms. The van der Waals surface area contributed by atoms with Gasteiger partial charge in [-0.3, -0.25) is 5.32 Å². The van der Waals surface area contributed by atoms with Crippen LogP contribution in [0.25, 0.3) is 11.1 Å². The number of rotatable bonds is 4. The normalized spacial score (nSPS) is 10.1. The molecule has 0 radical (unpaired) electrons. The first kappa shape index (κ1) is 14.7. The first-order valence-electron chi connectivity index (χ1n) is 7.16. The van der Waals surface area contributed by atoms with Gasteiger partial charge in [0.15, 0.2) is 0 Å². The lowest BCUT2D eigenvalue weighted by Gasteiger charge is -2.06. The Hall–Kier alpha value is -3.21. The minimum atomic E-state index is -0.582. The highest BCUT2D eigenvalue weighted by atomic mass is 16.5. The number of nitrogens with one attached hydrogen (secondary N) is 1. The Labute approximate surface area is 134 Å². The van der Waals surface area contributed by atoms with E-state index < -0.39 is 6.09 Å². The van der Waals surface area contributed by atoms with Crippen molar-refractivity contribution in [1.82, 2.24) is 9.97 Å². The maximum atomic E-state index is 11.7. The van der Waals surface area contributed by atoms with E-state index in [-0.39, 0.29) is 12.6 Å². The number of aromatic nitrogens is 2. The van der Waals surface area contributed by atoms with Crippen LogP contribution in [0.5, 0.6) is 0 Å². The largest absolute Gasteiger partial charge is 0.444 e. The van der Waals surface area contributed by atoms with Crippen LogP contribution in [0.15, 0.2) is 73.1 Å². The van der Waals surface area contributed by atoms with Crippen LogP contribution in [0.1, 0.15) is 5.56 Å². The molecule has 0 bridgehead atoms. The molecule has 0 saturated carbocycles. The summed E-state index contributed by atoms with van der Waals surface area (Å²) >= 11 is 0. The van der Waals surface area contributed by atoms with Crippen LogP contribution in [0, 0.1) is 0 Å². The van der Waals surface area contributed by atoms with Gasteiger partial charge in [0.2, 0.25) is 5.95 Å². The summed E-state index contributed by atoms with van der Waals surface area (Å²) in [5.74, 6) is 0.211. The lowest BCUT2D eigenvalue weighted by molar-refractivity contribution is 0.155. The summed E-state index contributed by atoms with van der Waals surface area (Å²) in [4.78, 5) is 20.0. The number of anilines is 1. The van der Waals surface area contributed by atoms with E-state index in [1.807, 2.05) is 60.7 Å². The van der Waals surface area contributed by atoms with Crippen molar-refractivity contribution in [2.24, 2.45) is 0 Å². The number of hydrogen-bond acceptors (Lipinski definition) is 4. The number of nitrogens with zero attached hydrogens (tertiary/aromatic N) is 2. The number of benzene rings is 2. The quantitative estimate of drug-likeness (QED) is 0.794. The van der Waals surface area contributed by atoms with Crippen LogP contribution in [0.2, 0.25) is 0 Å². The predicted octanol–water partition coefficient (Wildman–Crippen LogP) is 3.89. The van der Waals surface area contributed by atoms with Crippen LogP contribution < -0.4 is 5.32 Å². The van der Waals surface area contributed by atoms with Gasteiger partial charge < -0.3 is 4.74 Å². The Kier molecular flexibility index (Phi) is 4.59. The van der Waals surface area contributed by atoms with Gasteiger partial charge in [-0.2, -0.15) is 0 Å². The highest BCUT2D eigenvalue weighted by Crippen LogP contribution is 2.17. The predicted molar refractivity (Wildman–Crippen MR) is 87.7 cm³/mol. The fraction of sp³-hybridized carbons (Fsp3) is 0.0556. The molecule has 0 atom stereocenters. The minimum absolute atomic E-state index is 0.203. The summed E-state index contributed by atoms with van der Waals surface area (Å²) in [6, 6.07) is 19.3. The molecule has 1 amide bonds. The van der Waals surface area contributed by atoms with Crippen molar-refractivity contribution in [2.45, 2.75) is 6.61 Å². The summed E-state index contributed by atoms with van der Waals surface area (Å²) in [5.41, 5.74) is 2.82. The molecule has 0 aliphatic carbocycles. The Morgan fingerprint density at radius 3 is 2.13 bits per heavy atom. The standard InChI is InChI=1S/C18H15N3O2/c22-18(23-13-14-7-3-1-4-8-14)21-17-19-11-16(12-20-17)15-9-5-2-6-10-15/h1-12H,13H2,(H,19,20,21,22). The van der Waals surface area contributed by atoms with E-state index in [9.17, 15) is 4.79 Å². The summed E-state index contributed by atoms with van der Waals surface area (Å²) in [6.45, 7) is 0.203. The van der Waals surface area contributed by atoms with Crippen LogP contribution >= 0.6 is 0 Å². The third-order valence-electron chi connectivity index (χ3n) is 3.19. The number of carbonyl (C=O) groups is 1. The summed E-state index contributed by atoms with van der Waals surface area (Å²) in [7, 11) is 0. The van der Waals surface area contributed by atoms with Crippen molar-refractivity contribution in [1.29, 1.82) is 0 Å². The van der Waals surface area contributed by atoms with E-state index >= 15 is 0 Å². The molecule has 1 heterocycles. The van der Waals surface area contributed by atoms with Crippen molar-refractivity contribution in [3.05, 3.63) is 78.6 Å². The number of ether oxygens (including phenoxy) is 1. The van der Waals surface area contributed by atoms with Crippen LogP contribution in [-0.4, -0.2) is 16.1 Å². The number of hydrogen-bond donors (Lipinski definition) is 1. The molecule has 0 aliphatic heterocycles. The van der Waals surface area contributed by atoms with E-state index in [0.717, 1.165) is 16.7 Å². The topological polar surface area (TPSA) is 64.1 Å². The molecule has 0 aliphatic rings. The maximum Gasteiger partial charge on any atom is 0.414 e. The summed E-state index contributed by atoms with van der Waals surface area (Å²) in [6.07, 6.45) is 2.74. The molecule has 0 fully saturated rings. The van der Waals surface area contributed by atoms with Gasteiger partial charge in [-0.25, -0.2) is 14.8 Å². The molecule has 5 nitrogen and oxygen atoms in total. The molecule has 0 unspecified atom stereocenters. The Bertz CT molecular complexity index is 759. The van der Waals surface area contributed by atoms with Gasteiger partial charge in [0.05, 0.1) is 0 Å². The minimum Gasteiger partial charge on any atom is -0.444 e. The van der Waals surface area contributed by atoms with Crippen LogP contribution in [0.4, 0.5) is 10.7 Å². The van der Waals surface area contributed by atoms with Crippen molar-refractivity contribution in [3.63, 3.8) is 0 Å². The molecule has 0 saturated heterocycles. The monoisotopic (exact) mass is 305 g/mol. The molecule has 1 N–H and O–H groups in total. The zero-order valence-electron chi connectivity index (χ0n) is 12.3. The third kappa shape index (κ3) is 4.14. The van der Waals surface area contributed by atoms with Crippen molar-refractivity contribution >= 4 is 12.0 Å². The molecule has 2 aromatic carbocycles. The first-order chi connectivity index (χ1) is 11.3. The molecule has 5 heteroatoms. The summed E-state index contributed by atoms with van der Waals surface area (Å²) in [5, 5.41) is 2.51. The van der Waals surface area contributed by atoms with E-state index in [1.165, 1.54) is 0 Å². The fourth-order valence-corrected chi connectivity index (χ4v) is 2.02. The average molecular weight is 305 g/mol. The third-order valence-corrected chi connectivity index (χ3v) is 3.19. The lowest BCUT2D eigenvalue weighted by Crippen LogP contribution is -2.15. The maximum absolute atomic E-state index is 11.7. The number of carbonyl (C=O) groups excluding carboxylic acids is 1. The molecule has 114 valence electrons. The lowest BCUT2D eigenvalue weighted by atomic mass is 10.1. The van der Waals surface area contributed by atoms with Gasteiger partial charge in [-0.1, -0.05) is 60.7 Å². The Balaban J connectivity index is 1.57. The average Bonchev–Trinajstić information content (AvgIpc) is 2.62. The highest BCUT2D eigenvalue weighted by molar-refractivity contribution is 5.82. The molecule has 0 spiro atoms. The van der Waals surface area contributed by atoms with Gasteiger partial charge in [-0.05, 0) is 11.1 Å². The van der Waals surface area contributed by atoms with Gasteiger partial charge >= 0.3 is 6.09 Å². The molecular formula is C18H15N3O2. The van der Waals surface area contributed by atoms with E-state index in [2.05, 4.69) is 15.3 Å². The second-order valence-corrected chi connectivity index (χ2v) is 4.85. The zero-order chi connectivity index (χ0) is 15.9. The van der Waals surface area contributed by atoms with Gasteiger partial charge in [0.1, 0.15) is 6.61 Å². The van der Waals surface area contributed by atoms with Crippen molar-refractivity contribution < 1.29 is 9.53 Å². The van der Waals surface area contributed by atoms with Gasteiger partial charge in [-0.15, -0.1) is 0 Å². The Morgan fingerprint density at radius 2 is 1.48 bits per heavy atom. The van der Waals surface area contributed by atoms with Crippen molar-refractivity contribution in [2.75, 3.05) is 5.32 Å². The van der Waals surface area contributed by atoms with E-state index in [1.54, 1.807) is 12.4 Å². The van der Waals surface area contributed by atoms with E-state index in [4.69, 9.17) is 4.74 Å². The second-order valence-electron chi connectivity index (χ2n) is 4.85. The molecular weight excluding hydrogens is 290 g/mol. The van der Waals surface area contributed by atoms with Crippen LogP contribution in [-0.2, 0) is 11.3 Å². The zero-order valence-corrected chi connectivity index (χ0v) is 12.3. The first-order valence-corrected chi connectivity index (χ1v) is 7.16. The fourth-order valence-electron chi connectivity index (χ4n) is 2.02. The highest BCUT2D eigenvalue weighted by Gasteiger charge is 2.06. The van der Waals surface area contributed by atoms with Gasteiger partial charge in [0.25, 0.3) is 0 Å². The molecule has 3 rings (SSSR count). The smallest absolute Gasteiger partial charge is 0.414 e. The summed E-state index contributed by atoms with van der Waals surface area (Å²) < 4.78 is 5.12. The van der Waals surface area contributed by atoms with Crippen LogP contribution in [0.3, 0.4) is 0 Å². The second kappa shape index (κ2) is 7.17. The SMILES string of the molecule is O=C(Nc1ncc(-c2ccccc2)cn1)OCc1ccccc1. The Morgan fingerprint density at radius 1 is 0.870 bits per heavy atom. The molecule has 1 aromatic heterocycles. The van der Waals surface area contributed by atoms with E-state index in [0.29, 0.717) is 0 Å². The molecule has 3 aromatic rings.